The van der Waals surface area contributed by atoms with E-state index < -0.39 is 0 Å². The zero-order valence-corrected chi connectivity index (χ0v) is 16.4. The van der Waals surface area contributed by atoms with Crippen LogP contribution in [0.2, 0.25) is 0 Å². The predicted octanol–water partition coefficient (Wildman–Crippen LogP) is 6.22. The molecule has 0 aliphatic rings. The zero-order chi connectivity index (χ0) is 18.1. The van der Waals surface area contributed by atoms with Crippen LogP contribution in [0, 0.1) is 5.92 Å². The number of benzene rings is 3. The number of thiol groups is 2. The third kappa shape index (κ3) is 3.51. The Morgan fingerprint density at radius 3 is 2.24 bits per heavy atom. The van der Waals surface area contributed by atoms with Gasteiger partial charge in [-0.25, -0.2) is 0 Å². The highest BCUT2D eigenvalue weighted by Gasteiger charge is 2.20. The first-order valence-electron chi connectivity index (χ1n) is 8.50. The summed E-state index contributed by atoms with van der Waals surface area (Å²) in [5.41, 5.74) is 0.882. The fraction of sp³-hybridized carbons (Fsp3) is 0.286. The predicted molar refractivity (Wildman–Crippen MR) is 110 cm³/mol. The average Bonchev–Trinajstić information content (AvgIpc) is 2.62. The first kappa shape index (κ1) is 18.2. The topological polar surface area (TPSA) is 26.3 Å². The van der Waals surface area contributed by atoms with Crippen molar-refractivity contribution in [2.45, 2.75) is 43.1 Å². The van der Waals surface area contributed by atoms with E-state index in [1.54, 1.807) is 0 Å². The molecule has 2 atom stereocenters. The molecule has 0 heterocycles. The summed E-state index contributed by atoms with van der Waals surface area (Å²) in [6.07, 6.45) is 0.400. The van der Waals surface area contributed by atoms with E-state index in [4.69, 9.17) is 17.4 Å². The summed E-state index contributed by atoms with van der Waals surface area (Å²) in [6.45, 7) is 5.75. The third-order valence-electron chi connectivity index (χ3n) is 4.73. The summed E-state index contributed by atoms with van der Waals surface area (Å²) < 4.78 is 5.64. The van der Waals surface area contributed by atoms with Crippen molar-refractivity contribution in [3.8, 4) is 0 Å². The van der Waals surface area contributed by atoms with Gasteiger partial charge >= 0.3 is 5.97 Å². The van der Waals surface area contributed by atoms with Gasteiger partial charge in [0.05, 0.1) is 5.92 Å². The molecule has 0 aliphatic carbocycles. The molecule has 0 saturated carbocycles. The van der Waals surface area contributed by atoms with Crippen molar-refractivity contribution in [1.29, 1.82) is 0 Å². The molecule has 130 valence electrons. The lowest BCUT2D eigenvalue weighted by Crippen LogP contribution is -2.16. The molecular weight excluding hydrogens is 348 g/mol. The van der Waals surface area contributed by atoms with Crippen molar-refractivity contribution in [3.63, 3.8) is 0 Å². The number of esters is 1. The first-order valence-corrected chi connectivity index (χ1v) is 9.39. The summed E-state index contributed by atoms with van der Waals surface area (Å²) in [5, 5.41) is 4.40. The third-order valence-corrected chi connectivity index (χ3v) is 5.60. The van der Waals surface area contributed by atoms with E-state index in [0.717, 1.165) is 37.9 Å². The quantitative estimate of drug-likeness (QED) is 0.324. The van der Waals surface area contributed by atoms with Gasteiger partial charge in [-0.05, 0) is 53.1 Å². The van der Waals surface area contributed by atoms with Crippen LogP contribution >= 0.6 is 25.3 Å². The van der Waals surface area contributed by atoms with E-state index in [1.807, 2.05) is 39.0 Å². The van der Waals surface area contributed by atoms with Crippen LogP contribution in [0.25, 0.3) is 21.5 Å². The van der Waals surface area contributed by atoms with Crippen molar-refractivity contribution in [2.75, 3.05) is 0 Å². The Labute approximate surface area is 159 Å². The highest BCUT2D eigenvalue weighted by atomic mass is 32.1. The molecule has 0 N–H and O–H groups in total. The normalized spacial score (nSPS) is 13.8. The van der Waals surface area contributed by atoms with Crippen molar-refractivity contribution in [1.82, 2.24) is 0 Å². The minimum absolute atomic E-state index is 0.106. The second-order valence-electron chi connectivity index (χ2n) is 6.47. The molecule has 0 saturated heterocycles. The maximum atomic E-state index is 12.1. The number of carbonyl (C=O) groups excluding carboxylic acids is 1. The molecule has 25 heavy (non-hydrogen) atoms. The second kappa shape index (κ2) is 7.30. The molecule has 4 heteroatoms. The van der Waals surface area contributed by atoms with E-state index in [0.29, 0.717) is 0 Å². The van der Waals surface area contributed by atoms with Crippen molar-refractivity contribution >= 4 is 52.8 Å². The van der Waals surface area contributed by atoms with Gasteiger partial charge in [0.1, 0.15) is 6.10 Å². The van der Waals surface area contributed by atoms with E-state index in [9.17, 15) is 4.79 Å². The Balaban J connectivity index is 2.09. The Bertz CT molecular complexity index is 949. The molecule has 2 unspecified atom stereocenters. The first-order chi connectivity index (χ1) is 11.9. The van der Waals surface area contributed by atoms with Crippen LogP contribution in [-0.4, -0.2) is 5.97 Å². The number of fused-ring (bicyclic) bond motifs is 2. The van der Waals surface area contributed by atoms with Crippen LogP contribution in [0.5, 0.6) is 0 Å². The maximum Gasteiger partial charge on any atom is 0.309 e. The maximum absolute atomic E-state index is 12.1. The standard InChI is InChI=1S/C21H22O2S2/c1-4-12(2)21(22)23-13(3)16-11-19(24)17-9-14-7-5-6-8-15(14)10-18(17)20(16)25/h5-13,24-25H,4H2,1-3H3. The van der Waals surface area contributed by atoms with Gasteiger partial charge in [0.15, 0.2) is 0 Å². The fourth-order valence-electron chi connectivity index (χ4n) is 2.93. The lowest BCUT2D eigenvalue weighted by molar-refractivity contribution is -0.153. The monoisotopic (exact) mass is 370 g/mol. The van der Waals surface area contributed by atoms with E-state index in [2.05, 4.69) is 36.9 Å². The van der Waals surface area contributed by atoms with Crippen LogP contribution in [-0.2, 0) is 9.53 Å². The molecule has 0 radical (unpaired) electrons. The average molecular weight is 371 g/mol. The lowest BCUT2D eigenvalue weighted by atomic mass is 9.99. The van der Waals surface area contributed by atoms with Gasteiger partial charge in [-0.3, -0.25) is 4.79 Å². The van der Waals surface area contributed by atoms with Crippen LogP contribution < -0.4 is 0 Å². The highest BCUT2D eigenvalue weighted by Crippen LogP contribution is 2.37. The summed E-state index contributed by atoms with van der Waals surface area (Å²) in [5.74, 6) is -0.284. The van der Waals surface area contributed by atoms with Crippen molar-refractivity contribution in [2.24, 2.45) is 5.92 Å². The van der Waals surface area contributed by atoms with E-state index in [1.165, 1.54) is 5.39 Å². The molecular formula is C21H22O2S2. The largest absolute Gasteiger partial charge is 0.458 e. The van der Waals surface area contributed by atoms with Gasteiger partial charge in [-0.15, -0.1) is 25.3 Å². The van der Waals surface area contributed by atoms with E-state index >= 15 is 0 Å². The van der Waals surface area contributed by atoms with Crippen LogP contribution in [0.1, 0.15) is 38.9 Å². The SMILES string of the molecule is CCC(C)C(=O)OC(C)c1cc(S)c2cc3ccccc3cc2c1S. The summed E-state index contributed by atoms with van der Waals surface area (Å²) in [6, 6.07) is 14.4. The molecule has 3 rings (SSSR count). The van der Waals surface area contributed by atoms with Gasteiger partial charge in [-0.2, -0.15) is 0 Å². The highest BCUT2D eigenvalue weighted by molar-refractivity contribution is 7.81. The molecule has 0 aromatic heterocycles. The summed E-state index contributed by atoms with van der Waals surface area (Å²) in [4.78, 5) is 13.8. The lowest BCUT2D eigenvalue weighted by Gasteiger charge is -2.20. The second-order valence-corrected chi connectivity index (χ2v) is 7.40. The molecule has 0 fully saturated rings. The van der Waals surface area contributed by atoms with Gasteiger partial charge < -0.3 is 4.74 Å². The van der Waals surface area contributed by atoms with Crippen molar-refractivity contribution < 1.29 is 9.53 Å². The van der Waals surface area contributed by atoms with Gasteiger partial charge in [0, 0.05) is 15.4 Å². The number of ether oxygens (including phenoxy) is 1. The van der Waals surface area contributed by atoms with Crippen LogP contribution in [0.4, 0.5) is 0 Å². The van der Waals surface area contributed by atoms with Gasteiger partial charge in [0.25, 0.3) is 0 Å². The minimum atomic E-state index is -0.365. The Kier molecular flexibility index (Phi) is 5.30. The van der Waals surface area contributed by atoms with Crippen LogP contribution in [0.3, 0.4) is 0 Å². The molecule has 3 aromatic carbocycles. The molecule has 0 spiro atoms. The molecule has 0 aliphatic heterocycles. The zero-order valence-electron chi connectivity index (χ0n) is 14.6. The molecule has 0 bridgehead atoms. The molecule has 2 nitrogen and oxygen atoms in total. The fourth-order valence-corrected chi connectivity index (χ4v) is 3.68. The number of rotatable bonds is 4. The molecule has 3 aromatic rings. The number of hydrogen-bond acceptors (Lipinski definition) is 4. The van der Waals surface area contributed by atoms with E-state index in [-0.39, 0.29) is 18.0 Å². The summed E-state index contributed by atoms with van der Waals surface area (Å²) >= 11 is 9.41. The van der Waals surface area contributed by atoms with Gasteiger partial charge in [0.2, 0.25) is 0 Å². The Morgan fingerprint density at radius 2 is 1.64 bits per heavy atom. The number of carbonyl (C=O) groups is 1. The summed E-state index contributed by atoms with van der Waals surface area (Å²) in [7, 11) is 0. The van der Waals surface area contributed by atoms with Crippen molar-refractivity contribution in [3.05, 3.63) is 48.0 Å². The smallest absolute Gasteiger partial charge is 0.309 e. The Hall–Kier alpha value is -1.65. The van der Waals surface area contributed by atoms with Gasteiger partial charge in [-0.1, -0.05) is 38.1 Å². The number of hydrogen-bond donors (Lipinski definition) is 2. The van der Waals surface area contributed by atoms with Crippen LogP contribution in [0.15, 0.2) is 52.3 Å². The molecule has 0 amide bonds. The Morgan fingerprint density at radius 1 is 1.04 bits per heavy atom. The minimum Gasteiger partial charge on any atom is -0.458 e.